The second-order valence-electron chi connectivity index (χ2n) is 4.58. The Labute approximate surface area is 145 Å². The lowest BCUT2D eigenvalue weighted by Gasteiger charge is -2.16. The second-order valence-corrected chi connectivity index (χ2v) is 6.44. The fraction of sp³-hybridized carbons (Fsp3) is 0.250. The van der Waals surface area contributed by atoms with Crippen molar-refractivity contribution in [3.63, 3.8) is 0 Å². The van der Waals surface area contributed by atoms with Gasteiger partial charge < -0.3 is 5.73 Å². The standard InChI is InChI=1S/C12H7Cl2F6N3S/c1-3-10(24-12(18,19)20)9(23-22-3)6-5(13)2-4(11(15,16)17)8(21)7(6)14/h2H,21H2,1H3,(H,22,23). The van der Waals surface area contributed by atoms with Crippen LogP contribution >= 0.6 is 35.0 Å². The van der Waals surface area contributed by atoms with Crippen LogP contribution in [0.1, 0.15) is 11.3 Å². The molecule has 0 unspecified atom stereocenters. The zero-order valence-electron chi connectivity index (χ0n) is 11.5. The first-order chi connectivity index (χ1) is 10.8. The van der Waals surface area contributed by atoms with Crippen LogP contribution in [0.15, 0.2) is 11.0 Å². The van der Waals surface area contributed by atoms with Crippen LogP contribution in [-0.2, 0) is 6.18 Å². The predicted octanol–water partition coefficient (Wildman–Crippen LogP) is 5.90. The maximum atomic E-state index is 12.9. The van der Waals surface area contributed by atoms with Crippen molar-refractivity contribution >= 4 is 40.7 Å². The number of aromatic nitrogens is 2. The Balaban J connectivity index is 2.70. The van der Waals surface area contributed by atoms with Gasteiger partial charge in [0.15, 0.2) is 0 Å². The van der Waals surface area contributed by atoms with E-state index in [-0.39, 0.29) is 21.8 Å². The summed E-state index contributed by atoms with van der Waals surface area (Å²) in [5, 5.41) is 4.86. The summed E-state index contributed by atoms with van der Waals surface area (Å²) in [5.74, 6) is 0. The maximum absolute atomic E-state index is 12.9. The molecule has 0 bridgehead atoms. The summed E-state index contributed by atoms with van der Waals surface area (Å²) in [7, 11) is 0. The summed E-state index contributed by atoms with van der Waals surface area (Å²) in [6, 6.07) is 0.504. The van der Waals surface area contributed by atoms with E-state index in [1.165, 1.54) is 6.92 Å². The van der Waals surface area contributed by atoms with E-state index in [0.29, 0.717) is 6.07 Å². The summed E-state index contributed by atoms with van der Waals surface area (Å²) < 4.78 is 76.7. The highest BCUT2D eigenvalue weighted by Crippen LogP contribution is 2.49. The summed E-state index contributed by atoms with van der Waals surface area (Å²) in [6.07, 6.45) is -4.82. The number of aryl methyl sites for hydroxylation is 1. The summed E-state index contributed by atoms with van der Waals surface area (Å²) >= 11 is 11.2. The number of hydrogen-bond acceptors (Lipinski definition) is 3. The summed E-state index contributed by atoms with van der Waals surface area (Å²) in [5.41, 5.74) is -1.96. The van der Waals surface area contributed by atoms with Gasteiger partial charge in [-0.3, -0.25) is 5.10 Å². The molecule has 3 N–H and O–H groups in total. The molecule has 0 fully saturated rings. The Morgan fingerprint density at radius 1 is 1.17 bits per heavy atom. The number of alkyl halides is 6. The molecule has 0 amide bonds. The Hall–Kier alpha value is -1.26. The molecule has 0 saturated carbocycles. The highest BCUT2D eigenvalue weighted by atomic mass is 35.5. The molecule has 132 valence electrons. The number of nitrogen functional groups attached to an aromatic ring is 1. The first-order valence-electron chi connectivity index (χ1n) is 5.98. The monoisotopic (exact) mass is 409 g/mol. The van der Waals surface area contributed by atoms with Crippen molar-refractivity contribution in [3.05, 3.63) is 27.4 Å². The molecular formula is C12H7Cl2F6N3S. The van der Waals surface area contributed by atoms with Crippen molar-refractivity contribution in [3.8, 4) is 11.3 Å². The van der Waals surface area contributed by atoms with Gasteiger partial charge in [0.1, 0.15) is 5.69 Å². The molecule has 3 nitrogen and oxygen atoms in total. The number of rotatable bonds is 2. The summed E-state index contributed by atoms with van der Waals surface area (Å²) in [6.45, 7) is 1.32. The lowest BCUT2D eigenvalue weighted by molar-refractivity contribution is -0.136. The molecule has 0 aliphatic rings. The SMILES string of the molecule is Cc1[nH]nc(-c2c(Cl)cc(C(F)(F)F)c(N)c2Cl)c1SC(F)(F)F. The van der Waals surface area contributed by atoms with E-state index >= 15 is 0 Å². The number of benzene rings is 1. The molecule has 2 aromatic rings. The molecule has 1 aromatic heterocycles. The Morgan fingerprint density at radius 2 is 1.75 bits per heavy atom. The van der Waals surface area contributed by atoms with Gasteiger partial charge in [-0.15, -0.1) is 0 Å². The number of nitrogens with two attached hydrogens (primary N) is 1. The largest absolute Gasteiger partial charge is 0.446 e. The maximum Gasteiger partial charge on any atom is 0.446 e. The number of thioether (sulfide) groups is 1. The number of H-pyrrole nitrogens is 1. The second kappa shape index (κ2) is 6.23. The normalized spacial score (nSPS) is 12.7. The molecule has 1 aromatic carbocycles. The van der Waals surface area contributed by atoms with Gasteiger partial charge in [0.2, 0.25) is 0 Å². The number of anilines is 1. The highest BCUT2D eigenvalue weighted by Gasteiger charge is 2.37. The van der Waals surface area contributed by atoms with Gasteiger partial charge in [0.25, 0.3) is 0 Å². The van der Waals surface area contributed by atoms with Gasteiger partial charge in [-0.05, 0) is 24.8 Å². The van der Waals surface area contributed by atoms with Crippen molar-refractivity contribution in [2.75, 3.05) is 5.73 Å². The van der Waals surface area contributed by atoms with Crippen LogP contribution in [-0.4, -0.2) is 15.7 Å². The molecule has 0 radical (unpaired) electrons. The molecule has 0 aliphatic carbocycles. The van der Waals surface area contributed by atoms with E-state index < -0.39 is 44.7 Å². The lowest BCUT2D eigenvalue weighted by atomic mass is 10.1. The van der Waals surface area contributed by atoms with Crippen LogP contribution in [0.3, 0.4) is 0 Å². The molecule has 0 spiro atoms. The van der Waals surface area contributed by atoms with E-state index in [1.54, 1.807) is 0 Å². The minimum Gasteiger partial charge on any atom is -0.397 e. The van der Waals surface area contributed by atoms with Crippen molar-refractivity contribution in [2.24, 2.45) is 0 Å². The number of nitrogens with one attached hydrogen (secondary N) is 1. The fourth-order valence-corrected chi connectivity index (χ4v) is 3.22. The van der Waals surface area contributed by atoms with Crippen molar-refractivity contribution in [1.29, 1.82) is 0 Å². The van der Waals surface area contributed by atoms with Crippen LogP contribution in [0.2, 0.25) is 10.0 Å². The minimum atomic E-state index is -4.82. The minimum absolute atomic E-state index is 0.0536. The van der Waals surface area contributed by atoms with Crippen LogP contribution in [0, 0.1) is 6.92 Å². The number of halogens is 8. The molecule has 0 saturated heterocycles. The quantitative estimate of drug-likeness (QED) is 0.368. The molecule has 12 heteroatoms. The number of nitrogens with zero attached hydrogens (tertiary/aromatic N) is 1. The third kappa shape index (κ3) is 3.70. The smallest absolute Gasteiger partial charge is 0.397 e. The number of aromatic amines is 1. The van der Waals surface area contributed by atoms with Crippen LogP contribution in [0.5, 0.6) is 0 Å². The topological polar surface area (TPSA) is 54.7 Å². The van der Waals surface area contributed by atoms with Crippen molar-refractivity contribution < 1.29 is 26.3 Å². The van der Waals surface area contributed by atoms with E-state index in [1.807, 2.05) is 0 Å². The van der Waals surface area contributed by atoms with Crippen LogP contribution < -0.4 is 5.73 Å². The average molecular weight is 410 g/mol. The van der Waals surface area contributed by atoms with Crippen molar-refractivity contribution in [1.82, 2.24) is 10.2 Å². The van der Waals surface area contributed by atoms with Gasteiger partial charge in [-0.25, -0.2) is 0 Å². The van der Waals surface area contributed by atoms with Gasteiger partial charge in [-0.1, -0.05) is 23.2 Å². The highest BCUT2D eigenvalue weighted by molar-refractivity contribution is 8.00. The van der Waals surface area contributed by atoms with Gasteiger partial charge in [0.05, 0.1) is 26.2 Å². The molecule has 1 heterocycles. The first kappa shape index (κ1) is 19.1. The predicted molar refractivity (Wildman–Crippen MR) is 80.1 cm³/mol. The Bertz CT molecular complexity index is 785. The lowest BCUT2D eigenvalue weighted by Crippen LogP contribution is -2.10. The van der Waals surface area contributed by atoms with Crippen LogP contribution in [0.25, 0.3) is 11.3 Å². The Morgan fingerprint density at radius 3 is 2.25 bits per heavy atom. The molecule has 24 heavy (non-hydrogen) atoms. The zero-order valence-corrected chi connectivity index (χ0v) is 13.9. The first-order valence-corrected chi connectivity index (χ1v) is 7.56. The van der Waals surface area contributed by atoms with E-state index in [0.717, 1.165) is 0 Å². The Kier molecular flexibility index (Phi) is 4.95. The van der Waals surface area contributed by atoms with Gasteiger partial charge in [-0.2, -0.15) is 31.4 Å². The zero-order chi connectivity index (χ0) is 18.4. The van der Waals surface area contributed by atoms with Crippen molar-refractivity contribution in [2.45, 2.75) is 23.5 Å². The van der Waals surface area contributed by atoms with Gasteiger partial charge in [0, 0.05) is 11.3 Å². The molecule has 0 aliphatic heterocycles. The molecule has 2 rings (SSSR count). The van der Waals surface area contributed by atoms with Crippen LogP contribution in [0.4, 0.5) is 32.0 Å². The fourth-order valence-electron chi connectivity index (χ4n) is 1.91. The van der Waals surface area contributed by atoms with E-state index in [2.05, 4.69) is 10.2 Å². The summed E-state index contributed by atoms with van der Waals surface area (Å²) in [4.78, 5) is -0.356. The molecule has 0 atom stereocenters. The third-order valence-corrected chi connectivity index (χ3v) is 4.53. The van der Waals surface area contributed by atoms with E-state index in [9.17, 15) is 26.3 Å². The van der Waals surface area contributed by atoms with Gasteiger partial charge >= 0.3 is 11.7 Å². The number of hydrogen-bond donors (Lipinski definition) is 2. The molecular weight excluding hydrogens is 403 g/mol. The average Bonchev–Trinajstić information content (AvgIpc) is 2.73. The van der Waals surface area contributed by atoms with E-state index in [4.69, 9.17) is 28.9 Å². The third-order valence-electron chi connectivity index (χ3n) is 2.91.